The minimum absolute atomic E-state index is 0.0447. The molecule has 0 fully saturated rings. The van der Waals surface area contributed by atoms with Crippen LogP contribution in [0.5, 0.6) is 0 Å². The highest BCUT2D eigenvalue weighted by Gasteiger charge is 2.37. The Balaban J connectivity index is 2.17. The van der Waals surface area contributed by atoms with E-state index in [0.717, 1.165) is 0 Å². The molecule has 0 aliphatic rings. The number of nitrogens with one attached hydrogen (secondary N) is 1. The number of aliphatic carboxylic acids is 1. The second-order valence-corrected chi connectivity index (χ2v) is 4.69. The fourth-order valence-corrected chi connectivity index (χ4v) is 1.90. The third kappa shape index (κ3) is 3.38. The van der Waals surface area contributed by atoms with Gasteiger partial charge in [-0.25, -0.2) is 4.98 Å². The molecule has 7 nitrogen and oxygen atoms in total. The predicted octanol–water partition coefficient (Wildman–Crippen LogP) is 1.24. The standard InChI is InChI=1S/C14H14N4O3/c1-14(12(20)21,10-5-3-2-4-6-10)9-11(19)17-13-15-7-8-16-18-13/h2-8H,9H2,1H3,(H,20,21)(H,15,17,18,19). The summed E-state index contributed by atoms with van der Waals surface area (Å²) in [5, 5.41) is 19.1. The van der Waals surface area contributed by atoms with Gasteiger partial charge in [-0.15, -0.1) is 5.10 Å². The molecular formula is C14H14N4O3. The third-order valence-electron chi connectivity index (χ3n) is 3.13. The summed E-state index contributed by atoms with van der Waals surface area (Å²) >= 11 is 0. The lowest BCUT2D eigenvalue weighted by Crippen LogP contribution is -2.36. The van der Waals surface area contributed by atoms with Crippen LogP contribution in [0.25, 0.3) is 0 Å². The number of hydrogen-bond donors (Lipinski definition) is 2. The predicted molar refractivity (Wildman–Crippen MR) is 74.5 cm³/mol. The van der Waals surface area contributed by atoms with Gasteiger partial charge in [0, 0.05) is 6.42 Å². The Bertz CT molecular complexity index is 633. The molecular weight excluding hydrogens is 272 g/mol. The monoisotopic (exact) mass is 286 g/mol. The SMILES string of the molecule is CC(CC(=O)Nc1nccnn1)(C(=O)O)c1ccccc1. The molecule has 7 heteroatoms. The number of anilines is 1. The van der Waals surface area contributed by atoms with Crippen LogP contribution in [-0.2, 0) is 15.0 Å². The van der Waals surface area contributed by atoms with Crippen LogP contribution in [0, 0.1) is 0 Å². The third-order valence-corrected chi connectivity index (χ3v) is 3.13. The molecule has 21 heavy (non-hydrogen) atoms. The molecule has 0 bridgehead atoms. The molecule has 0 saturated carbocycles. The van der Waals surface area contributed by atoms with Crippen LogP contribution in [0.3, 0.4) is 0 Å². The number of aromatic nitrogens is 3. The molecule has 2 rings (SSSR count). The van der Waals surface area contributed by atoms with E-state index in [1.807, 2.05) is 0 Å². The molecule has 108 valence electrons. The van der Waals surface area contributed by atoms with Gasteiger partial charge in [-0.1, -0.05) is 30.3 Å². The van der Waals surface area contributed by atoms with E-state index in [4.69, 9.17) is 0 Å². The number of rotatable bonds is 5. The van der Waals surface area contributed by atoms with Crippen molar-refractivity contribution in [2.75, 3.05) is 5.32 Å². The molecule has 1 aromatic carbocycles. The fourth-order valence-electron chi connectivity index (χ4n) is 1.90. The van der Waals surface area contributed by atoms with Crippen LogP contribution in [0.15, 0.2) is 42.7 Å². The first-order chi connectivity index (χ1) is 10.0. The van der Waals surface area contributed by atoms with Crippen molar-refractivity contribution in [2.45, 2.75) is 18.8 Å². The highest BCUT2D eigenvalue weighted by Crippen LogP contribution is 2.28. The Labute approximate surface area is 121 Å². The van der Waals surface area contributed by atoms with Gasteiger partial charge in [0.1, 0.15) is 0 Å². The van der Waals surface area contributed by atoms with E-state index >= 15 is 0 Å². The van der Waals surface area contributed by atoms with E-state index in [1.54, 1.807) is 30.3 Å². The van der Waals surface area contributed by atoms with Gasteiger partial charge in [-0.3, -0.25) is 14.9 Å². The molecule has 1 aromatic heterocycles. The van der Waals surface area contributed by atoms with Crippen molar-refractivity contribution in [3.8, 4) is 0 Å². The summed E-state index contributed by atoms with van der Waals surface area (Å²) in [5.74, 6) is -1.52. The average molecular weight is 286 g/mol. The Morgan fingerprint density at radius 1 is 1.24 bits per heavy atom. The van der Waals surface area contributed by atoms with Gasteiger partial charge in [0.25, 0.3) is 0 Å². The lowest BCUT2D eigenvalue weighted by Gasteiger charge is -2.24. The van der Waals surface area contributed by atoms with Crippen molar-refractivity contribution >= 4 is 17.8 Å². The summed E-state index contributed by atoms with van der Waals surface area (Å²) in [7, 11) is 0. The maximum atomic E-state index is 12.0. The summed E-state index contributed by atoms with van der Waals surface area (Å²) in [6.45, 7) is 1.51. The molecule has 0 radical (unpaired) electrons. The fraction of sp³-hybridized carbons (Fsp3) is 0.214. The van der Waals surface area contributed by atoms with Gasteiger partial charge in [0.2, 0.25) is 11.9 Å². The molecule has 2 N–H and O–H groups in total. The van der Waals surface area contributed by atoms with Crippen molar-refractivity contribution in [3.05, 3.63) is 48.3 Å². The summed E-state index contributed by atoms with van der Waals surface area (Å²) in [5.41, 5.74) is -0.771. The zero-order valence-corrected chi connectivity index (χ0v) is 11.4. The molecule has 1 heterocycles. The molecule has 0 spiro atoms. The Hall–Kier alpha value is -2.83. The highest BCUT2D eigenvalue weighted by molar-refractivity contribution is 5.95. The van der Waals surface area contributed by atoms with Gasteiger partial charge in [-0.2, -0.15) is 5.10 Å². The molecule has 1 unspecified atom stereocenters. The topological polar surface area (TPSA) is 105 Å². The van der Waals surface area contributed by atoms with E-state index in [0.29, 0.717) is 5.56 Å². The molecule has 0 aliphatic heterocycles. The van der Waals surface area contributed by atoms with E-state index < -0.39 is 17.3 Å². The second-order valence-electron chi connectivity index (χ2n) is 4.69. The number of amides is 1. The largest absolute Gasteiger partial charge is 0.481 e. The average Bonchev–Trinajstić information content (AvgIpc) is 2.48. The number of carbonyl (C=O) groups excluding carboxylic acids is 1. The number of carboxylic acids is 1. The van der Waals surface area contributed by atoms with Crippen LogP contribution in [0.2, 0.25) is 0 Å². The summed E-state index contributed by atoms with van der Waals surface area (Å²) in [4.78, 5) is 27.4. The van der Waals surface area contributed by atoms with Crippen LogP contribution in [-0.4, -0.2) is 32.2 Å². The van der Waals surface area contributed by atoms with E-state index in [9.17, 15) is 14.7 Å². The maximum absolute atomic E-state index is 12.0. The van der Waals surface area contributed by atoms with Gasteiger partial charge < -0.3 is 5.11 Å². The van der Waals surface area contributed by atoms with Gasteiger partial charge in [0.05, 0.1) is 17.8 Å². The van der Waals surface area contributed by atoms with Crippen LogP contribution >= 0.6 is 0 Å². The zero-order valence-electron chi connectivity index (χ0n) is 11.4. The zero-order chi connectivity index (χ0) is 15.3. The van der Waals surface area contributed by atoms with Gasteiger partial charge in [-0.05, 0) is 12.5 Å². The van der Waals surface area contributed by atoms with Gasteiger partial charge >= 0.3 is 5.97 Å². The first-order valence-electron chi connectivity index (χ1n) is 6.25. The van der Waals surface area contributed by atoms with Crippen molar-refractivity contribution < 1.29 is 14.7 Å². The van der Waals surface area contributed by atoms with Crippen molar-refractivity contribution in [3.63, 3.8) is 0 Å². The summed E-state index contributed by atoms with van der Waals surface area (Å²) < 4.78 is 0. The van der Waals surface area contributed by atoms with E-state index in [1.165, 1.54) is 19.3 Å². The number of hydrogen-bond acceptors (Lipinski definition) is 5. The van der Waals surface area contributed by atoms with Crippen molar-refractivity contribution in [2.24, 2.45) is 0 Å². The smallest absolute Gasteiger partial charge is 0.314 e. The minimum Gasteiger partial charge on any atom is -0.481 e. The van der Waals surface area contributed by atoms with E-state index in [-0.39, 0.29) is 12.4 Å². The number of benzene rings is 1. The van der Waals surface area contributed by atoms with Crippen molar-refractivity contribution in [1.82, 2.24) is 15.2 Å². The molecule has 1 atom stereocenters. The number of carbonyl (C=O) groups is 2. The first-order valence-corrected chi connectivity index (χ1v) is 6.25. The molecule has 2 aromatic rings. The second kappa shape index (κ2) is 6.08. The first kappa shape index (κ1) is 14.6. The van der Waals surface area contributed by atoms with Crippen LogP contribution in [0.1, 0.15) is 18.9 Å². The lowest BCUT2D eigenvalue weighted by molar-refractivity contribution is -0.145. The molecule has 1 amide bonds. The number of nitrogens with zero attached hydrogens (tertiary/aromatic N) is 3. The minimum atomic E-state index is -1.33. The Morgan fingerprint density at radius 2 is 1.95 bits per heavy atom. The highest BCUT2D eigenvalue weighted by atomic mass is 16.4. The van der Waals surface area contributed by atoms with Gasteiger partial charge in [0.15, 0.2) is 0 Å². The maximum Gasteiger partial charge on any atom is 0.314 e. The van der Waals surface area contributed by atoms with E-state index in [2.05, 4.69) is 20.5 Å². The lowest BCUT2D eigenvalue weighted by atomic mass is 9.79. The summed E-state index contributed by atoms with van der Waals surface area (Å²) in [6.07, 6.45) is 2.53. The Morgan fingerprint density at radius 3 is 2.52 bits per heavy atom. The van der Waals surface area contributed by atoms with Crippen LogP contribution < -0.4 is 5.32 Å². The van der Waals surface area contributed by atoms with Crippen molar-refractivity contribution in [1.29, 1.82) is 0 Å². The summed E-state index contributed by atoms with van der Waals surface area (Å²) in [6, 6.07) is 8.62. The quantitative estimate of drug-likeness (QED) is 0.856. The molecule has 0 saturated heterocycles. The normalized spacial score (nSPS) is 13.2. The molecule has 0 aliphatic carbocycles. The Kier molecular flexibility index (Phi) is 4.22. The number of carboxylic acid groups (broad SMARTS) is 1. The van der Waals surface area contributed by atoms with Crippen LogP contribution in [0.4, 0.5) is 5.95 Å².